The third kappa shape index (κ3) is 77.1. The molecule has 5 atom stereocenters. The Morgan fingerprint density at radius 1 is 0.277 bits per heavy atom. The maximum Gasteiger partial charge on any atom is 0.472 e. The fourth-order valence-corrected chi connectivity index (χ4v) is 12.3. The fourth-order valence-electron chi connectivity index (χ4n) is 10.8. The van der Waals surface area contributed by atoms with Crippen LogP contribution in [0.3, 0.4) is 0 Å². The fraction of sp³-hybridized carbons (Fsp3) is 0.747. The zero-order valence-corrected chi connectivity index (χ0v) is 65.6. The van der Waals surface area contributed by atoms with E-state index in [1.54, 1.807) is 0 Å². The second-order valence-electron chi connectivity index (χ2n) is 26.9. The second kappa shape index (κ2) is 75.9. The van der Waals surface area contributed by atoms with E-state index in [2.05, 4.69) is 130 Å². The van der Waals surface area contributed by atoms with Crippen LogP contribution in [0.1, 0.15) is 342 Å². The van der Waals surface area contributed by atoms with E-state index in [-0.39, 0.29) is 19.3 Å². The molecule has 0 spiro atoms. The highest BCUT2D eigenvalue weighted by Crippen LogP contribution is 2.45. The minimum absolute atomic E-state index is 0.0932. The lowest BCUT2D eigenvalue weighted by molar-refractivity contribution is -0.161. The molecule has 4 N–H and O–H groups in total. The van der Waals surface area contributed by atoms with Gasteiger partial charge in [0.2, 0.25) is 0 Å². The number of allylic oxidation sites excluding steroid dienone is 18. The van der Waals surface area contributed by atoms with Crippen molar-refractivity contribution < 1.29 is 75.8 Å². The first-order chi connectivity index (χ1) is 49.2. The minimum Gasteiger partial charge on any atom is -0.463 e. The van der Waals surface area contributed by atoms with Crippen molar-refractivity contribution in [2.75, 3.05) is 39.6 Å². The molecule has 101 heavy (non-hydrogen) atoms. The average Bonchev–Trinajstić information content (AvgIpc) is 1.06. The molecule has 0 rings (SSSR count). The number of phosphoric acid groups is 2. The molecule has 18 heteroatoms. The van der Waals surface area contributed by atoms with Crippen molar-refractivity contribution in [2.24, 2.45) is 0 Å². The molecule has 0 aliphatic heterocycles. The summed E-state index contributed by atoms with van der Waals surface area (Å²) < 4.78 is 61.1. The monoisotopic (exact) mass is 1460 g/mol. The number of unbranched alkanes of at least 4 members (excludes halogenated alkanes) is 35. The van der Waals surface area contributed by atoms with E-state index in [0.717, 1.165) is 135 Å². The largest absolute Gasteiger partial charge is 0.472 e. The number of hydrogen-bond acceptors (Lipinski definition) is 14. The highest BCUT2D eigenvalue weighted by atomic mass is 31.2. The molecule has 584 valence electrons. The van der Waals surface area contributed by atoms with Gasteiger partial charge in [-0.3, -0.25) is 32.5 Å². The Balaban J connectivity index is 4.46. The smallest absolute Gasteiger partial charge is 0.463 e. The molecule has 0 aromatic carbocycles. The predicted octanol–water partition coefficient (Wildman–Crippen LogP) is 23.5. The highest BCUT2D eigenvalue weighted by molar-refractivity contribution is 7.47. The summed E-state index contributed by atoms with van der Waals surface area (Å²) in [5, 5.41) is 20.6. The Morgan fingerprint density at radius 3 is 0.822 bits per heavy atom. The summed E-state index contributed by atoms with van der Waals surface area (Å²) in [5.41, 5.74) is 0. The Labute approximate surface area is 615 Å². The highest BCUT2D eigenvalue weighted by Gasteiger charge is 2.29. The molecule has 0 saturated carbocycles. The third-order valence-electron chi connectivity index (χ3n) is 16.9. The van der Waals surface area contributed by atoms with Gasteiger partial charge in [0.25, 0.3) is 0 Å². The van der Waals surface area contributed by atoms with Crippen molar-refractivity contribution in [3.05, 3.63) is 109 Å². The number of carbonyl (C=O) groups excluding carboxylic acids is 3. The molecule has 16 nitrogen and oxygen atoms in total. The molecular weight excluding hydrogens is 1310 g/mol. The number of aliphatic hydroxyl groups excluding tert-OH is 2. The molecule has 5 unspecified atom stereocenters. The van der Waals surface area contributed by atoms with Gasteiger partial charge in [0, 0.05) is 19.3 Å². The molecule has 0 saturated heterocycles. The first-order valence-electron chi connectivity index (χ1n) is 40.2. The van der Waals surface area contributed by atoms with Gasteiger partial charge >= 0.3 is 33.6 Å². The van der Waals surface area contributed by atoms with Crippen LogP contribution >= 0.6 is 15.6 Å². The average molecular weight is 1460 g/mol. The lowest BCUT2D eigenvalue weighted by Crippen LogP contribution is -2.30. The number of aliphatic hydroxyl groups is 2. The summed E-state index contributed by atoms with van der Waals surface area (Å²) in [6.07, 6.45) is 88.6. The van der Waals surface area contributed by atoms with Gasteiger partial charge in [-0.25, -0.2) is 9.13 Å². The Hall–Kier alpha value is -3.79. The zero-order chi connectivity index (χ0) is 73.7. The van der Waals surface area contributed by atoms with Crippen LogP contribution in [0.4, 0.5) is 0 Å². The Bertz CT molecular complexity index is 2270. The van der Waals surface area contributed by atoms with E-state index < -0.39 is 91.5 Å². The van der Waals surface area contributed by atoms with Crippen LogP contribution in [0, 0.1) is 0 Å². The van der Waals surface area contributed by atoms with Crippen molar-refractivity contribution >= 4 is 33.6 Å². The van der Waals surface area contributed by atoms with Gasteiger partial charge in [-0.15, -0.1) is 0 Å². The maximum atomic E-state index is 12.9. The van der Waals surface area contributed by atoms with Crippen molar-refractivity contribution in [3.8, 4) is 0 Å². The van der Waals surface area contributed by atoms with Gasteiger partial charge in [-0.05, 0) is 128 Å². The lowest BCUT2D eigenvalue weighted by atomic mass is 10.0. The molecule has 0 amide bonds. The molecule has 0 aromatic heterocycles. The van der Waals surface area contributed by atoms with Gasteiger partial charge in [-0.1, -0.05) is 304 Å². The number of carbonyl (C=O) groups is 3. The van der Waals surface area contributed by atoms with Crippen LogP contribution in [0.25, 0.3) is 0 Å². The van der Waals surface area contributed by atoms with Crippen LogP contribution in [-0.4, -0.2) is 95.9 Å². The van der Waals surface area contributed by atoms with Gasteiger partial charge in [0.05, 0.1) is 26.4 Å². The number of hydrogen-bond donors (Lipinski definition) is 4. The van der Waals surface area contributed by atoms with Crippen LogP contribution in [0.15, 0.2) is 109 Å². The third-order valence-corrected chi connectivity index (χ3v) is 18.8. The predicted molar refractivity (Wildman–Crippen MR) is 417 cm³/mol. The maximum absolute atomic E-state index is 12.9. The molecule has 0 heterocycles. The number of ether oxygens (including phenoxy) is 3. The van der Waals surface area contributed by atoms with E-state index in [0.29, 0.717) is 19.3 Å². The van der Waals surface area contributed by atoms with E-state index in [1.165, 1.54) is 148 Å². The zero-order valence-electron chi connectivity index (χ0n) is 63.8. The number of rotatable bonds is 76. The van der Waals surface area contributed by atoms with Crippen LogP contribution in [0.2, 0.25) is 0 Å². The first-order valence-corrected chi connectivity index (χ1v) is 43.2. The van der Waals surface area contributed by atoms with Gasteiger partial charge in [-0.2, -0.15) is 0 Å². The summed E-state index contributed by atoms with van der Waals surface area (Å²) in [7, 11) is -9.78. The number of esters is 3. The molecule has 0 fully saturated rings. The quantitative estimate of drug-likeness (QED) is 0.0146. The summed E-state index contributed by atoms with van der Waals surface area (Å²) in [4.78, 5) is 58.6. The van der Waals surface area contributed by atoms with Crippen molar-refractivity contribution in [1.29, 1.82) is 0 Å². The summed E-state index contributed by atoms with van der Waals surface area (Å²) in [5.74, 6) is -1.58. The van der Waals surface area contributed by atoms with E-state index in [9.17, 15) is 43.5 Å². The normalized spacial score (nSPS) is 14.6. The van der Waals surface area contributed by atoms with Crippen molar-refractivity contribution in [3.63, 3.8) is 0 Å². The first kappa shape index (κ1) is 97.2. The summed E-state index contributed by atoms with van der Waals surface area (Å²) >= 11 is 0. The minimum atomic E-state index is -4.93. The molecular formula is C83H146O16P2. The Kier molecular flexibility index (Phi) is 73.0. The van der Waals surface area contributed by atoms with Crippen molar-refractivity contribution in [1.82, 2.24) is 0 Å². The van der Waals surface area contributed by atoms with E-state index >= 15 is 0 Å². The van der Waals surface area contributed by atoms with Crippen molar-refractivity contribution in [2.45, 2.75) is 360 Å². The lowest BCUT2D eigenvalue weighted by Gasteiger charge is -2.21. The number of phosphoric ester groups is 2. The second-order valence-corrected chi connectivity index (χ2v) is 29.8. The van der Waals surface area contributed by atoms with Crippen LogP contribution in [-0.2, 0) is 55.8 Å². The standard InChI is InChI=1S/C83H146O16P2/c1-4-7-10-13-16-19-22-24-26-28-30-32-34-36-38-40-42-44-46-48-50-52-55-57-60-63-66-69-81(86)93-72-78(84)73-95-100(89,90)96-74-79(85)75-97-101(91,92)98-77-80(99-83(88)71-68-65-62-59-54-21-18-15-12-9-6-3)76-94-82(87)70-67-64-61-58-56-53-51-49-47-45-43-41-39-37-35-33-31-29-27-25-23-20-17-14-11-8-5-2/h15-20,24-27,30-33,36-39,78-80,84-85H,4-14,21-23,28-29,34-35,40-77H2,1-3H3,(H,89,90)(H,91,92)/b18-15-,19-16-,20-17-,26-24-,27-25-,32-30-,33-31-,38-36-,39-37-. The van der Waals surface area contributed by atoms with E-state index in [1.807, 2.05) is 0 Å². The topological polar surface area (TPSA) is 231 Å². The molecule has 0 bridgehead atoms. The van der Waals surface area contributed by atoms with Crippen LogP contribution in [0.5, 0.6) is 0 Å². The SMILES string of the molecule is CCCC/C=C\CCCCCCCC(=O)OC(COC(=O)CCCCCCCCCCCCC/C=C\C/C=C\C/C=C\C/C=C\CCCCC)COP(=O)(O)OCC(O)COP(=O)(O)OCC(O)COC(=O)CCCCCCCCCCCCC/C=C\C/C=C\C/C=C\C/C=C\CCCCC. The van der Waals surface area contributed by atoms with Gasteiger partial charge in [0.1, 0.15) is 25.4 Å². The Morgan fingerprint density at radius 2 is 0.505 bits per heavy atom. The molecule has 0 radical (unpaired) electrons. The molecule has 0 aliphatic rings. The molecule has 0 aliphatic carbocycles. The van der Waals surface area contributed by atoms with Gasteiger partial charge < -0.3 is 34.2 Å². The van der Waals surface area contributed by atoms with Gasteiger partial charge in [0.15, 0.2) is 6.10 Å². The summed E-state index contributed by atoms with van der Waals surface area (Å²) in [6, 6.07) is 0. The summed E-state index contributed by atoms with van der Waals surface area (Å²) in [6.45, 7) is 2.59. The van der Waals surface area contributed by atoms with E-state index in [4.69, 9.17) is 32.3 Å². The van der Waals surface area contributed by atoms with Crippen LogP contribution < -0.4 is 0 Å². The molecule has 0 aromatic rings.